The zero-order valence-corrected chi connectivity index (χ0v) is 17.2. The summed E-state index contributed by atoms with van der Waals surface area (Å²) in [5.74, 6) is 3.85. The van der Waals surface area contributed by atoms with Crippen LogP contribution in [0.4, 0.5) is 0 Å². The molecule has 1 aliphatic heterocycles. The molecule has 8 nitrogen and oxygen atoms in total. The zero-order valence-electron chi connectivity index (χ0n) is 16.4. The van der Waals surface area contributed by atoms with Crippen molar-refractivity contribution in [3.05, 3.63) is 48.0 Å². The standard InChI is InChI=1S/C20H21N5O3S/c1-26-15-9-14(10-16(27-2)18(15)28-3)19-22-23-20-25(19)24-17(12-29-20)21-11-13-7-5-4-6-8-13/h4-10H,11-12H2,1-3H3,(H,21,24). The van der Waals surface area contributed by atoms with E-state index in [1.165, 1.54) is 0 Å². The molecule has 0 bridgehead atoms. The van der Waals surface area contributed by atoms with Gasteiger partial charge in [-0.1, -0.05) is 42.1 Å². The summed E-state index contributed by atoms with van der Waals surface area (Å²) in [6.45, 7) is 0.612. The van der Waals surface area contributed by atoms with E-state index in [9.17, 15) is 0 Å². The molecular weight excluding hydrogens is 390 g/mol. The molecule has 1 aliphatic rings. The van der Waals surface area contributed by atoms with E-state index in [0.717, 1.165) is 22.1 Å². The van der Waals surface area contributed by atoms with Gasteiger partial charge in [-0.05, 0) is 17.7 Å². The first kappa shape index (κ1) is 19.1. The van der Waals surface area contributed by atoms with Gasteiger partial charge in [-0.3, -0.25) is 10.4 Å². The van der Waals surface area contributed by atoms with Gasteiger partial charge in [0.2, 0.25) is 10.9 Å². The Morgan fingerprint density at radius 1 is 1.03 bits per heavy atom. The Morgan fingerprint density at radius 3 is 2.41 bits per heavy atom. The van der Waals surface area contributed by atoms with Crippen LogP contribution in [0.5, 0.6) is 17.2 Å². The highest BCUT2D eigenvalue weighted by Gasteiger charge is 2.23. The van der Waals surface area contributed by atoms with Crippen LogP contribution in [0.3, 0.4) is 0 Å². The molecule has 2 heterocycles. The molecule has 0 saturated carbocycles. The lowest BCUT2D eigenvalue weighted by atomic mass is 10.1. The van der Waals surface area contributed by atoms with E-state index in [1.54, 1.807) is 33.1 Å². The van der Waals surface area contributed by atoms with Gasteiger partial charge < -0.3 is 14.2 Å². The van der Waals surface area contributed by atoms with Crippen LogP contribution in [0.25, 0.3) is 11.4 Å². The van der Waals surface area contributed by atoms with Crippen LogP contribution in [0.2, 0.25) is 0 Å². The summed E-state index contributed by atoms with van der Waals surface area (Å²) in [6.07, 6.45) is 0. The normalized spacial score (nSPS) is 14.2. The lowest BCUT2D eigenvalue weighted by Gasteiger charge is -2.19. The van der Waals surface area contributed by atoms with Crippen molar-refractivity contribution in [2.24, 2.45) is 4.99 Å². The smallest absolute Gasteiger partial charge is 0.211 e. The third kappa shape index (κ3) is 3.86. The first-order valence-electron chi connectivity index (χ1n) is 8.96. The maximum Gasteiger partial charge on any atom is 0.211 e. The number of rotatable bonds is 6. The number of nitrogens with zero attached hydrogens (tertiary/aromatic N) is 4. The predicted octanol–water partition coefficient (Wildman–Crippen LogP) is 3.22. The Bertz CT molecular complexity index is 1010. The van der Waals surface area contributed by atoms with Gasteiger partial charge in [-0.15, -0.1) is 10.2 Å². The Labute approximate surface area is 172 Å². The fourth-order valence-corrected chi connectivity index (χ4v) is 3.79. The number of aliphatic imine (C=N–C) groups is 1. The molecule has 0 saturated heterocycles. The molecule has 0 aliphatic carbocycles. The van der Waals surface area contributed by atoms with E-state index in [2.05, 4.69) is 27.8 Å². The van der Waals surface area contributed by atoms with E-state index < -0.39 is 0 Å². The van der Waals surface area contributed by atoms with E-state index >= 15 is 0 Å². The highest BCUT2D eigenvalue weighted by Crippen LogP contribution is 2.41. The third-order valence-electron chi connectivity index (χ3n) is 4.43. The second-order valence-electron chi connectivity index (χ2n) is 6.20. The van der Waals surface area contributed by atoms with Crippen LogP contribution in [0.1, 0.15) is 5.56 Å². The molecule has 0 amide bonds. The van der Waals surface area contributed by atoms with Gasteiger partial charge in [-0.25, -0.2) is 4.68 Å². The first-order chi connectivity index (χ1) is 14.2. The molecule has 3 aromatic rings. The number of ether oxygens (including phenoxy) is 3. The molecule has 0 spiro atoms. The fourth-order valence-electron chi connectivity index (χ4n) is 3.01. The number of nitrogens with one attached hydrogen (secondary N) is 1. The molecule has 0 atom stereocenters. The number of hydrogen-bond acceptors (Lipinski definition) is 7. The van der Waals surface area contributed by atoms with Crippen LogP contribution in [-0.2, 0) is 6.54 Å². The van der Waals surface area contributed by atoms with Gasteiger partial charge in [0.1, 0.15) is 5.84 Å². The number of methoxy groups -OCH3 is 3. The molecule has 1 N–H and O–H groups in total. The SMILES string of the molecule is COc1cc(-c2nnc3n2NC(=NCc2ccccc2)CS3)cc(OC)c1OC. The predicted molar refractivity (Wildman–Crippen MR) is 113 cm³/mol. The van der Waals surface area contributed by atoms with Gasteiger partial charge in [0.15, 0.2) is 17.3 Å². The average molecular weight is 411 g/mol. The quantitative estimate of drug-likeness (QED) is 0.667. The second kappa shape index (κ2) is 8.44. The zero-order chi connectivity index (χ0) is 20.2. The molecule has 2 aromatic carbocycles. The summed E-state index contributed by atoms with van der Waals surface area (Å²) in [4.78, 5) is 4.70. The minimum absolute atomic E-state index is 0.532. The first-order valence-corrected chi connectivity index (χ1v) is 9.95. The number of fused-ring (bicyclic) bond motifs is 1. The van der Waals surface area contributed by atoms with Crippen molar-refractivity contribution in [2.75, 3.05) is 32.5 Å². The topological polar surface area (TPSA) is 82.8 Å². The van der Waals surface area contributed by atoms with Crippen molar-refractivity contribution >= 4 is 17.6 Å². The largest absolute Gasteiger partial charge is 0.493 e. The minimum atomic E-state index is 0.532. The van der Waals surface area contributed by atoms with Crippen molar-refractivity contribution in [1.82, 2.24) is 14.9 Å². The van der Waals surface area contributed by atoms with Crippen molar-refractivity contribution in [2.45, 2.75) is 11.7 Å². The maximum atomic E-state index is 5.46. The van der Waals surface area contributed by atoms with Crippen molar-refractivity contribution in [3.63, 3.8) is 0 Å². The summed E-state index contributed by atoms with van der Waals surface area (Å²) >= 11 is 1.58. The van der Waals surface area contributed by atoms with Crippen LogP contribution < -0.4 is 19.6 Å². The van der Waals surface area contributed by atoms with Crippen molar-refractivity contribution in [3.8, 4) is 28.6 Å². The Hall–Kier alpha value is -3.20. The monoisotopic (exact) mass is 411 g/mol. The molecule has 150 valence electrons. The van der Waals surface area contributed by atoms with E-state index in [0.29, 0.717) is 35.4 Å². The highest BCUT2D eigenvalue weighted by molar-refractivity contribution is 7.99. The van der Waals surface area contributed by atoms with Gasteiger partial charge in [-0.2, -0.15) is 0 Å². The minimum Gasteiger partial charge on any atom is -0.493 e. The summed E-state index contributed by atoms with van der Waals surface area (Å²) in [5.41, 5.74) is 5.27. The van der Waals surface area contributed by atoms with Gasteiger partial charge in [0, 0.05) is 5.56 Å². The van der Waals surface area contributed by atoms with E-state index in [4.69, 9.17) is 19.2 Å². The van der Waals surface area contributed by atoms with Crippen LogP contribution >= 0.6 is 11.8 Å². The summed E-state index contributed by atoms with van der Waals surface area (Å²) in [7, 11) is 4.75. The Morgan fingerprint density at radius 2 is 1.76 bits per heavy atom. The summed E-state index contributed by atoms with van der Waals surface area (Å²) < 4.78 is 18.2. The summed E-state index contributed by atoms with van der Waals surface area (Å²) in [5, 5.41) is 9.41. The fraction of sp³-hybridized carbons (Fsp3) is 0.250. The van der Waals surface area contributed by atoms with Crippen molar-refractivity contribution < 1.29 is 14.2 Å². The number of hydrogen-bond donors (Lipinski definition) is 1. The number of aromatic nitrogens is 3. The number of thioether (sulfide) groups is 1. The Kier molecular flexibility index (Phi) is 5.57. The van der Waals surface area contributed by atoms with Crippen molar-refractivity contribution in [1.29, 1.82) is 0 Å². The number of amidine groups is 1. The van der Waals surface area contributed by atoms with Gasteiger partial charge in [0.05, 0.1) is 33.6 Å². The molecule has 1 aromatic heterocycles. The molecular formula is C20H21N5O3S. The summed E-state index contributed by atoms with van der Waals surface area (Å²) in [6, 6.07) is 13.8. The van der Waals surface area contributed by atoms with Crippen LogP contribution in [0.15, 0.2) is 52.6 Å². The molecule has 0 unspecified atom stereocenters. The van der Waals surface area contributed by atoms with Gasteiger partial charge in [0.25, 0.3) is 0 Å². The van der Waals surface area contributed by atoms with Crippen LogP contribution in [-0.4, -0.2) is 47.8 Å². The average Bonchev–Trinajstić information content (AvgIpc) is 3.20. The molecule has 4 rings (SSSR count). The second-order valence-corrected chi connectivity index (χ2v) is 7.15. The molecule has 0 radical (unpaired) electrons. The molecule has 9 heteroatoms. The van der Waals surface area contributed by atoms with Crippen LogP contribution in [0, 0.1) is 0 Å². The highest BCUT2D eigenvalue weighted by atomic mass is 32.2. The lowest BCUT2D eigenvalue weighted by molar-refractivity contribution is 0.324. The van der Waals surface area contributed by atoms with Gasteiger partial charge >= 0.3 is 0 Å². The maximum absolute atomic E-state index is 5.46. The molecule has 0 fully saturated rings. The Balaban J connectivity index is 1.65. The third-order valence-corrected chi connectivity index (χ3v) is 5.37. The lowest BCUT2D eigenvalue weighted by Crippen LogP contribution is -2.30. The van der Waals surface area contributed by atoms with E-state index in [-0.39, 0.29) is 0 Å². The molecule has 29 heavy (non-hydrogen) atoms. The van der Waals surface area contributed by atoms with E-state index in [1.807, 2.05) is 35.0 Å². The number of benzene rings is 2.